The number of nitrogens with zero attached hydrogens (tertiary/aromatic N) is 3. The summed E-state index contributed by atoms with van der Waals surface area (Å²) in [6, 6.07) is 5.56. The summed E-state index contributed by atoms with van der Waals surface area (Å²) in [7, 11) is 0. The Balaban J connectivity index is 1.76. The summed E-state index contributed by atoms with van der Waals surface area (Å²) in [4.78, 5) is 30.2. The largest absolute Gasteiger partial charge is 0.460 e. The van der Waals surface area contributed by atoms with Crippen molar-refractivity contribution in [3.63, 3.8) is 0 Å². The lowest BCUT2D eigenvalue weighted by molar-refractivity contribution is -0.147. The van der Waals surface area contributed by atoms with Gasteiger partial charge in [-0.05, 0) is 31.4 Å². The van der Waals surface area contributed by atoms with Crippen molar-refractivity contribution in [3.8, 4) is 10.6 Å². The van der Waals surface area contributed by atoms with Gasteiger partial charge in [0.2, 0.25) is 6.10 Å². The van der Waals surface area contributed by atoms with Gasteiger partial charge in [-0.15, -0.1) is 11.3 Å². The third-order valence-corrected chi connectivity index (χ3v) is 5.17. The van der Waals surface area contributed by atoms with Gasteiger partial charge in [-0.2, -0.15) is 5.10 Å². The fourth-order valence-electron chi connectivity index (χ4n) is 3.01. The van der Waals surface area contributed by atoms with Crippen molar-refractivity contribution >= 4 is 34.3 Å². The summed E-state index contributed by atoms with van der Waals surface area (Å²) in [6.07, 6.45) is 0.857. The zero-order chi connectivity index (χ0) is 18.3. The van der Waals surface area contributed by atoms with Gasteiger partial charge in [-0.3, -0.25) is 0 Å². The van der Waals surface area contributed by atoms with Crippen LogP contribution in [0.15, 0.2) is 29.8 Å². The van der Waals surface area contributed by atoms with Crippen LogP contribution in [0.25, 0.3) is 21.6 Å². The van der Waals surface area contributed by atoms with Crippen molar-refractivity contribution in [2.45, 2.75) is 39.0 Å². The standard InChI is InChI=1S/C18H17N3O4S/c1-3-21-16-12(9-19-21)11(8-13(20-16)15-5-4-6-26-15)17(22)25-14-7-10(2)24-18(14)23/h4-6,8-10,14H,3,7H2,1-2H3. The number of fused-ring (bicyclic) bond motifs is 1. The minimum absolute atomic E-state index is 0.248. The molecule has 1 aliphatic heterocycles. The van der Waals surface area contributed by atoms with E-state index in [0.717, 1.165) is 4.88 Å². The highest BCUT2D eigenvalue weighted by Gasteiger charge is 2.35. The van der Waals surface area contributed by atoms with Gasteiger partial charge in [0.05, 0.1) is 27.7 Å². The Morgan fingerprint density at radius 2 is 2.35 bits per heavy atom. The van der Waals surface area contributed by atoms with Crippen LogP contribution < -0.4 is 0 Å². The number of aromatic nitrogens is 3. The van der Waals surface area contributed by atoms with Crippen LogP contribution >= 0.6 is 11.3 Å². The summed E-state index contributed by atoms with van der Waals surface area (Å²) in [6.45, 7) is 4.36. The first-order valence-electron chi connectivity index (χ1n) is 8.38. The van der Waals surface area contributed by atoms with Gasteiger partial charge in [0, 0.05) is 13.0 Å². The van der Waals surface area contributed by atoms with Gasteiger partial charge >= 0.3 is 11.9 Å². The predicted molar refractivity (Wildman–Crippen MR) is 95.9 cm³/mol. The number of aryl methyl sites for hydroxylation is 1. The van der Waals surface area contributed by atoms with Gasteiger partial charge in [-0.25, -0.2) is 19.3 Å². The van der Waals surface area contributed by atoms with E-state index in [0.29, 0.717) is 35.3 Å². The number of ether oxygens (including phenoxy) is 2. The Morgan fingerprint density at radius 1 is 1.50 bits per heavy atom. The highest BCUT2D eigenvalue weighted by molar-refractivity contribution is 7.13. The second-order valence-corrected chi connectivity index (χ2v) is 7.05. The smallest absolute Gasteiger partial charge is 0.347 e. The maximum Gasteiger partial charge on any atom is 0.347 e. The van der Waals surface area contributed by atoms with Crippen LogP contribution in [-0.2, 0) is 20.8 Å². The molecule has 1 fully saturated rings. The molecule has 4 rings (SSSR count). The average Bonchev–Trinajstić information content (AvgIpc) is 3.34. The first kappa shape index (κ1) is 16.7. The van der Waals surface area contributed by atoms with Crippen LogP contribution in [0, 0.1) is 0 Å². The summed E-state index contributed by atoms with van der Waals surface area (Å²) in [5.41, 5.74) is 1.65. The Hall–Kier alpha value is -2.74. The van der Waals surface area contributed by atoms with E-state index in [9.17, 15) is 9.59 Å². The number of esters is 2. The number of pyridine rings is 1. The quantitative estimate of drug-likeness (QED) is 0.656. The molecule has 0 aromatic carbocycles. The number of cyclic esters (lactones) is 1. The van der Waals surface area contributed by atoms with Crippen molar-refractivity contribution < 1.29 is 19.1 Å². The fraction of sp³-hybridized carbons (Fsp3) is 0.333. The third kappa shape index (κ3) is 2.86. The van der Waals surface area contributed by atoms with Crippen LogP contribution in [0.5, 0.6) is 0 Å². The molecule has 3 aromatic rings. The Kier molecular flexibility index (Phi) is 4.20. The lowest BCUT2D eigenvalue weighted by Gasteiger charge is -2.10. The topological polar surface area (TPSA) is 83.3 Å². The summed E-state index contributed by atoms with van der Waals surface area (Å²) in [5.74, 6) is -1.07. The first-order valence-corrected chi connectivity index (χ1v) is 9.26. The van der Waals surface area contributed by atoms with Gasteiger partial charge in [-0.1, -0.05) is 6.07 Å². The molecule has 0 amide bonds. The van der Waals surface area contributed by atoms with Gasteiger partial charge in [0.15, 0.2) is 5.65 Å². The van der Waals surface area contributed by atoms with Crippen molar-refractivity contribution in [2.24, 2.45) is 0 Å². The van der Waals surface area contributed by atoms with E-state index >= 15 is 0 Å². The number of thiophene rings is 1. The van der Waals surface area contributed by atoms with Crippen molar-refractivity contribution in [2.75, 3.05) is 0 Å². The van der Waals surface area contributed by atoms with Crippen LogP contribution in [0.2, 0.25) is 0 Å². The van der Waals surface area contributed by atoms with Crippen LogP contribution in [0.4, 0.5) is 0 Å². The highest BCUT2D eigenvalue weighted by Crippen LogP contribution is 2.29. The first-order chi connectivity index (χ1) is 12.6. The molecular formula is C18H17N3O4S. The summed E-state index contributed by atoms with van der Waals surface area (Å²) in [5, 5.41) is 6.85. The van der Waals surface area contributed by atoms with E-state index in [4.69, 9.17) is 9.47 Å². The van der Waals surface area contributed by atoms with E-state index in [1.165, 1.54) is 11.3 Å². The van der Waals surface area contributed by atoms with Crippen molar-refractivity contribution in [3.05, 3.63) is 35.3 Å². The molecule has 0 N–H and O–H groups in total. The zero-order valence-electron chi connectivity index (χ0n) is 14.3. The Labute approximate surface area is 153 Å². The molecule has 0 saturated carbocycles. The molecule has 1 aliphatic rings. The zero-order valence-corrected chi connectivity index (χ0v) is 15.2. The minimum Gasteiger partial charge on any atom is -0.460 e. The SMILES string of the molecule is CCn1ncc2c(C(=O)OC3CC(C)OC3=O)cc(-c3cccs3)nc21. The molecule has 2 atom stereocenters. The highest BCUT2D eigenvalue weighted by atomic mass is 32.1. The maximum absolute atomic E-state index is 12.8. The van der Waals surface area contributed by atoms with Gasteiger partial charge in [0.1, 0.15) is 6.10 Å². The minimum atomic E-state index is -0.868. The second kappa shape index (κ2) is 6.53. The van der Waals surface area contributed by atoms with Crippen LogP contribution in [0.1, 0.15) is 30.6 Å². The normalized spacial score (nSPS) is 19.7. The number of carbonyl (C=O) groups is 2. The molecule has 2 unspecified atom stereocenters. The molecule has 1 saturated heterocycles. The maximum atomic E-state index is 12.8. The van der Waals surface area contributed by atoms with Crippen molar-refractivity contribution in [1.82, 2.24) is 14.8 Å². The molecule has 26 heavy (non-hydrogen) atoms. The molecule has 0 radical (unpaired) electrons. The molecule has 7 nitrogen and oxygen atoms in total. The molecule has 134 valence electrons. The molecule has 4 heterocycles. The Morgan fingerprint density at radius 3 is 3.00 bits per heavy atom. The predicted octanol–water partition coefficient (Wildman–Crippen LogP) is 3.04. The summed E-state index contributed by atoms with van der Waals surface area (Å²) < 4.78 is 12.2. The van der Waals surface area contributed by atoms with Gasteiger partial charge < -0.3 is 9.47 Å². The monoisotopic (exact) mass is 371 g/mol. The third-order valence-electron chi connectivity index (χ3n) is 4.28. The lowest BCUT2D eigenvalue weighted by Crippen LogP contribution is -2.23. The van der Waals surface area contributed by atoms with E-state index in [-0.39, 0.29) is 6.10 Å². The number of hydrogen-bond donors (Lipinski definition) is 0. The number of carbonyl (C=O) groups excluding carboxylic acids is 2. The van der Waals surface area contributed by atoms with E-state index < -0.39 is 18.0 Å². The van der Waals surface area contributed by atoms with Gasteiger partial charge in [0.25, 0.3) is 0 Å². The number of rotatable bonds is 4. The fourth-order valence-corrected chi connectivity index (χ4v) is 3.69. The summed E-state index contributed by atoms with van der Waals surface area (Å²) >= 11 is 1.54. The van der Waals surface area contributed by atoms with Crippen molar-refractivity contribution in [1.29, 1.82) is 0 Å². The second-order valence-electron chi connectivity index (χ2n) is 6.11. The molecule has 0 spiro atoms. The lowest BCUT2D eigenvalue weighted by atomic mass is 10.1. The molecule has 0 aliphatic carbocycles. The van der Waals surface area contributed by atoms with E-state index in [2.05, 4.69) is 10.1 Å². The van der Waals surface area contributed by atoms with Crippen LogP contribution in [0.3, 0.4) is 0 Å². The molecule has 8 heteroatoms. The van der Waals surface area contributed by atoms with Crippen LogP contribution in [-0.4, -0.2) is 38.9 Å². The average molecular weight is 371 g/mol. The molecular weight excluding hydrogens is 354 g/mol. The molecule has 0 bridgehead atoms. The Bertz CT molecular complexity index is 980. The van der Waals surface area contributed by atoms with E-state index in [1.54, 1.807) is 23.9 Å². The molecule has 3 aromatic heterocycles. The number of hydrogen-bond acceptors (Lipinski definition) is 7. The van der Waals surface area contributed by atoms with E-state index in [1.807, 2.05) is 24.4 Å².